The molecule has 13 nitrogen and oxygen atoms in total. The highest BCUT2D eigenvalue weighted by molar-refractivity contribution is 7.92. The molecule has 0 unspecified atom stereocenters. The zero-order chi connectivity index (χ0) is 32.8. The molecule has 0 radical (unpaired) electrons. The lowest BCUT2D eigenvalue weighted by molar-refractivity contribution is 0.289. The molecule has 1 aromatic heterocycles. The number of likely N-dealkylation sites (N-methyl/N-ethyl adjacent to an activating group) is 1. The fourth-order valence-electron chi connectivity index (χ4n) is 4.41. The molecule has 45 heavy (non-hydrogen) atoms. The first kappa shape index (κ1) is 34.2. The number of rotatable bonds is 13. The van der Waals surface area contributed by atoms with Gasteiger partial charge in [-0.3, -0.25) is 4.72 Å². The molecule has 15 heteroatoms. The Hall–Kier alpha value is -3.66. The molecule has 1 aliphatic rings. The quantitative estimate of drug-likeness (QED) is 0.259. The Labute approximate surface area is 266 Å². The second kappa shape index (κ2) is 14.2. The smallest absolute Gasteiger partial charge is 0.265 e. The van der Waals surface area contributed by atoms with Gasteiger partial charge in [-0.1, -0.05) is 45.0 Å². The van der Waals surface area contributed by atoms with Crippen molar-refractivity contribution in [2.24, 2.45) is 0 Å². The Balaban J connectivity index is 1.79. The lowest BCUT2D eigenvalue weighted by atomic mass is 9.87. The number of ether oxygens (including phenoxy) is 3. The molecule has 246 valence electrons. The first-order chi connectivity index (χ1) is 21.2. The number of aromatic nitrogens is 2. The summed E-state index contributed by atoms with van der Waals surface area (Å²) in [6.07, 6.45) is 0. The van der Waals surface area contributed by atoms with E-state index in [0.717, 1.165) is 18.7 Å². The van der Waals surface area contributed by atoms with E-state index >= 15 is 0 Å². The normalized spacial score (nSPS) is 14.7. The molecule has 2 aromatic carbocycles. The molecule has 2 heterocycles. The fraction of sp³-hybridized carbons (Fsp3) is 0.467. The van der Waals surface area contributed by atoms with Gasteiger partial charge in [0, 0.05) is 32.7 Å². The topological polar surface area (TPSA) is 152 Å². The van der Waals surface area contributed by atoms with E-state index in [-0.39, 0.29) is 58.4 Å². The number of anilines is 2. The van der Waals surface area contributed by atoms with Gasteiger partial charge in [0.2, 0.25) is 21.7 Å². The van der Waals surface area contributed by atoms with Gasteiger partial charge < -0.3 is 24.0 Å². The number of nitrogens with one attached hydrogen (secondary N) is 2. The molecule has 0 saturated carbocycles. The molecular formula is C30H42N6O7S2. The highest BCUT2D eigenvalue weighted by Crippen LogP contribution is 2.41. The van der Waals surface area contributed by atoms with Crippen LogP contribution in [-0.4, -0.2) is 90.9 Å². The van der Waals surface area contributed by atoms with Crippen LogP contribution in [0.15, 0.2) is 53.4 Å². The molecule has 1 saturated heterocycles. The minimum atomic E-state index is -4.15. The standard InChI is InChI=1S/C30H42N6O7S2/c1-7-44(37,38)31-16-21-42-28-26(43-25-11-9-8-10-24(25)41-6)27(32-29(33-28)36-19-17-35(5)18-20-36)34-45(39,40)23-14-12-22(13-15-23)30(2,3)4/h8-15,31H,7,16-21H2,1-6H3,(H,32,33,34). The van der Waals surface area contributed by atoms with Gasteiger partial charge in [-0.05, 0) is 49.2 Å². The van der Waals surface area contributed by atoms with Gasteiger partial charge in [-0.15, -0.1) is 0 Å². The molecule has 1 aliphatic heterocycles. The van der Waals surface area contributed by atoms with Crippen LogP contribution in [0.2, 0.25) is 0 Å². The van der Waals surface area contributed by atoms with Gasteiger partial charge in [-0.25, -0.2) is 21.6 Å². The average Bonchev–Trinajstić information content (AvgIpc) is 3.00. The maximum atomic E-state index is 13.7. The fourth-order valence-corrected chi connectivity index (χ4v) is 6.01. The first-order valence-electron chi connectivity index (χ1n) is 14.6. The molecule has 0 atom stereocenters. The Morgan fingerprint density at radius 1 is 0.911 bits per heavy atom. The Morgan fingerprint density at radius 2 is 1.56 bits per heavy atom. The van der Waals surface area contributed by atoms with Crippen molar-refractivity contribution in [3.05, 3.63) is 54.1 Å². The number of piperazine rings is 1. The molecule has 0 amide bonds. The molecule has 0 aliphatic carbocycles. The molecule has 2 N–H and O–H groups in total. The Bertz CT molecular complexity index is 1670. The van der Waals surface area contributed by atoms with Crippen LogP contribution in [0.3, 0.4) is 0 Å². The van der Waals surface area contributed by atoms with Crippen molar-refractivity contribution in [3.63, 3.8) is 0 Å². The number of nitrogens with zero attached hydrogens (tertiary/aromatic N) is 4. The third-order valence-corrected chi connectivity index (χ3v) is 9.95. The summed E-state index contributed by atoms with van der Waals surface area (Å²) in [6.45, 7) is 10.2. The number of sulfonamides is 2. The third kappa shape index (κ3) is 8.96. The van der Waals surface area contributed by atoms with Crippen LogP contribution in [0.4, 0.5) is 11.8 Å². The predicted molar refractivity (Wildman–Crippen MR) is 174 cm³/mol. The maximum Gasteiger partial charge on any atom is 0.265 e. The summed E-state index contributed by atoms with van der Waals surface area (Å²) in [5, 5.41) is 0. The number of hydrogen-bond acceptors (Lipinski definition) is 11. The van der Waals surface area contributed by atoms with Crippen molar-refractivity contribution in [1.29, 1.82) is 0 Å². The highest BCUT2D eigenvalue weighted by Gasteiger charge is 2.28. The monoisotopic (exact) mass is 662 g/mol. The summed E-state index contributed by atoms with van der Waals surface area (Å²) in [7, 11) is -4.12. The largest absolute Gasteiger partial charge is 0.493 e. The van der Waals surface area contributed by atoms with Crippen molar-refractivity contribution in [2.75, 3.05) is 68.9 Å². The van der Waals surface area contributed by atoms with Crippen molar-refractivity contribution < 1.29 is 31.0 Å². The van der Waals surface area contributed by atoms with Crippen molar-refractivity contribution in [1.82, 2.24) is 19.6 Å². The maximum absolute atomic E-state index is 13.7. The van der Waals surface area contributed by atoms with Gasteiger partial charge in [0.15, 0.2) is 17.3 Å². The van der Waals surface area contributed by atoms with Crippen LogP contribution in [0.25, 0.3) is 0 Å². The predicted octanol–water partition coefficient (Wildman–Crippen LogP) is 3.45. The van der Waals surface area contributed by atoms with Crippen LogP contribution >= 0.6 is 0 Å². The minimum absolute atomic E-state index is 0.0370. The number of hydrogen-bond donors (Lipinski definition) is 2. The lowest BCUT2D eigenvalue weighted by Crippen LogP contribution is -2.45. The van der Waals surface area contributed by atoms with Crippen molar-refractivity contribution >= 4 is 31.8 Å². The average molecular weight is 663 g/mol. The third-order valence-electron chi connectivity index (χ3n) is 7.19. The first-order valence-corrected chi connectivity index (χ1v) is 17.8. The van der Waals surface area contributed by atoms with Gasteiger partial charge in [-0.2, -0.15) is 9.97 Å². The lowest BCUT2D eigenvalue weighted by Gasteiger charge is -2.32. The van der Waals surface area contributed by atoms with Crippen LogP contribution < -0.4 is 28.6 Å². The van der Waals surface area contributed by atoms with Gasteiger partial charge in [0.25, 0.3) is 15.9 Å². The summed E-state index contributed by atoms with van der Waals surface area (Å²) in [6, 6.07) is 13.5. The molecular weight excluding hydrogens is 620 g/mol. The SMILES string of the molecule is CCS(=O)(=O)NCCOc1nc(N2CCN(C)CC2)nc(NS(=O)(=O)c2ccc(C(C)(C)C)cc2)c1Oc1ccccc1OC. The second-order valence-electron chi connectivity index (χ2n) is 11.6. The van der Waals surface area contributed by atoms with Gasteiger partial charge in [0.05, 0.1) is 17.8 Å². The van der Waals surface area contributed by atoms with E-state index in [1.807, 2.05) is 32.7 Å². The molecule has 1 fully saturated rings. The van der Waals surface area contributed by atoms with Crippen LogP contribution in [0.5, 0.6) is 23.1 Å². The van der Waals surface area contributed by atoms with E-state index < -0.39 is 20.0 Å². The number of benzene rings is 2. The molecule has 3 aromatic rings. The number of methoxy groups -OCH3 is 1. The van der Waals surface area contributed by atoms with E-state index in [1.165, 1.54) is 14.0 Å². The summed E-state index contributed by atoms with van der Waals surface area (Å²) < 4.78 is 74.1. The van der Waals surface area contributed by atoms with Crippen molar-refractivity contribution in [3.8, 4) is 23.1 Å². The van der Waals surface area contributed by atoms with Gasteiger partial charge >= 0.3 is 0 Å². The van der Waals surface area contributed by atoms with Crippen LogP contribution in [-0.2, 0) is 25.5 Å². The minimum Gasteiger partial charge on any atom is -0.493 e. The molecule has 4 rings (SSSR count). The highest BCUT2D eigenvalue weighted by atomic mass is 32.2. The Kier molecular flexibility index (Phi) is 10.8. The molecule has 0 spiro atoms. The van der Waals surface area contributed by atoms with Gasteiger partial charge in [0.1, 0.15) is 6.61 Å². The van der Waals surface area contributed by atoms with E-state index in [2.05, 4.69) is 24.3 Å². The van der Waals surface area contributed by atoms with Crippen LogP contribution in [0.1, 0.15) is 33.3 Å². The second-order valence-corrected chi connectivity index (χ2v) is 15.4. The van der Waals surface area contributed by atoms with E-state index in [9.17, 15) is 16.8 Å². The zero-order valence-electron chi connectivity index (χ0n) is 26.5. The van der Waals surface area contributed by atoms with Crippen LogP contribution in [0, 0.1) is 0 Å². The van der Waals surface area contributed by atoms with Crippen molar-refractivity contribution in [2.45, 2.75) is 38.0 Å². The summed E-state index contributed by atoms with van der Waals surface area (Å²) in [4.78, 5) is 13.4. The number of para-hydroxylation sites is 2. The van der Waals surface area contributed by atoms with E-state index in [0.29, 0.717) is 18.8 Å². The summed E-state index contributed by atoms with van der Waals surface area (Å²) in [5.41, 5.74) is 0.822. The van der Waals surface area contributed by atoms with E-state index in [4.69, 9.17) is 14.2 Å². The zero-order valence-corrected chi connectivity index (χ0v) is 28.2. The summed E-state index contributed by atoms with van der Waals surface area (Å²) >= 11 is 0. The Morgan fingerprint density at radius 3 is 2.16 bits per heavy atom. The summed E-state index contributed by atoms with van der Waals surface area (Å²) in [5.74, 6) is 0.483. The van der Waals surface area contributed by atoms with E-state index in [1.54, 1.807) is 48.5 Å². The molecule has 0 bridgehead atoms.